The van der Waals surface area contributed by atoms with Gasteiger partial charge in [-0.15, -0.1) is 0 Å². The molecular formula is C18H23N. The van der Waals surface area contributed by atoms with E-state index in [2.05, 4.69) is 64.1 Å². The molecule has 0 saturated heterocycles. The largest absolute Gasteiger partial charge is 0.324 e. The number of nitrogens with two attached hydrogens (primary N) is 1. The Hall–Kier alpha value is -1.60. The van der Waals surface area contributed by atoms with Crippen LogP contribution in [0.4, 0.5) is 0 Å². The lowest BCUT2D eigenvalue weighted by Gasteiger charge is -2.15. The average molecular weight is 253 g/mol. The number of hydrogen-bond acceptors (Lipinski definition) is 1. The van der Waals surface area contributed by atoms with Crippen molar-refractivity contribution in [2.24, 2.45) is 5.73 Å². The predicted octanol–water partition coefficient (Wildman–Crippen LogP) is 4.16. The van der Waals surface area contributed by atoms with Crippen molar-refractivity contribution in [2.45, 2.75) is 40.2 Å². The average Bonchev–Trinajstić information content (AvgIpc) is 2.32. The zero-order valence-corrected chi connectivity index (χ0v) is 12.3. The van der Waals surface area contributed by atoms with Crippen LogP contribution in [0.25, 0.3) is 0 Å². The molecule has 0 bridgehead atoms. The first-order valence-corrected chi connectivity index (χ1v) is 6.85. The van der Waals surface area contributed by atoms with Gasteiger partial charge in [-0.05, 0) is 56.4 Å². The van der Waals surface area contributed by atoms with E-state index in [1.165, 1.54) is 33.4 Å². The van der Waals surface area contributed by atoms with Gasteiger partial charge in [0.15, 0.2) is 0 Å². The van der Waals surface area contributed by atoms with Crippen molar-refractivity contribution in [3.8, 4) is 0 Å². The third kappa shape index (κ3) is 3.45. The summed E-state index contributed by atoms with van der Waals surface area (Å²) in [6, 6.07) is 13.3. The number of aryl methyl sites for hydroxylation is 4. The minimum atomic E-state index is 0.0701. The molecule has 2 aromatic rings. The quantitative estimate of drug-likeness (QED) is 0.873. The smallest absolute Gasteiger partial charge is 0.0335 e. The van der Waals surface area contributed by atoms with E-state index >= 15 is 0 Å². The number of hydrogen-bond donors (Lipinski definition) is 1. The fraction of sp³-hybridized carbons (Fsp3) is 0.333. The van der Waals surface area contributed by atoms with Gasteiger partial charge >= 0.3 is 0 Å². The Morgan fingerprint density at radius 3 is 2.05 bits per heavy atom. The third-order valence-corrected chi connectivity index (χ3v) is 3.70. The maximum atomic E-state index is 6.35. The van der Waals surface area contributed by atoms with Gasteiger partial charge in [-0.1, -0.05) is 47.5 Å². The molecule has 100 valence electrons. The molecule has 0 aliphatic rings. The zero-order chi connectivity index (χ0) is 14.0. The maximum Gasteiger partial charge on any atom is 0.0335 e. The summed E-state index contributed by atoms with van der Waals surface area (Å²) in [4.78, 5) is 0. The summed E-state index contributed by atoms with van der Waals surface area (Å²) >= 11 is 0. The van der Waals surface area contributed by atoms with Crippen molar-refractivity contribution >= 4 is 0 Å². The lowest BCUT2D eigenvalue weighted by atomic mass is 9.95. The van der Waals surface area contributed by atoms with Crippen molar-refractivity contribution < 1.29 is 0 Å². The molecule has 0 aliphatic heterocycles. The summed E-state index contributed by atoms with van der Waals surface area (Å²) < 4.78 is 0. The molecule has 1 unspecified atom stereocenters. The van der Waals surface area contributed by atoms with Crippen LogP contribution in [0.15, 0.2) is 36.4 Å². The predicted molar refractivity (Wildman–Crippen MR) is 82.5 cm³/mol. The molecule has 0 amide bonds. The van der Waals surface area contributed by atoms with Crippen LogP contribution in [-0.4, -0.2) is 0 Å². The molecule has 1 heteroatoms. The second kappa shape index (κ2) is 5.58. The topological polar surface area (TPSA) is 26.0 Å². The first-order valence-electron chi connectivity index (χ1n) is 6.85. The van der Waals surface area contributed by atoms with Crippen molar-refractivity contribution in [1.82, 2.24) is 0 Å². The second-order valence-corrected chi connectivity index (χ2v) is 5.65. The summed E-state index contributed by atoms with van der Waals surface area (Å²) in [7, 11) is 0. The van der Waals surface area contributed by atoms with Gasteiger partial charge < -0.3 is 5.73 Å². The van der Waals surface area contributed by atoms with Gasteiger partial charge in [0.25, 0.3) is 0 Å². The van der Waals surface area contributed by atoms with Crippen molar-refractivity contribution in [3.05, 3.63) is 69.8 Å². The van der Waals surface area contributed by atoms with Crippen LogP contribution in [-0.2, 0) is 6.42 Å². The first kappa shape index (κ1) is 13.8. The summed E-state index contributed by atoms with van der Waals surface area (Å²) in [6.07, 6.45) is 0.893. The van der Waals surface area contributed by atoms with Gasteiger partial charge in [0.05, 0.1) is 0 Å². The fourth-order valence-corrected chi connectivity index (χ4v) is 2.53. The number of benzene rings is 2. The highest BCUT2D eigenvalue weighted by Crippen LogP contribution is 2.20. The molecule has 0 radical (unpaired) electrons. The van der Waals surface area contributed by atoms with E-state index in [9.17, 15) is 0 Å². The van der Waals surface area contributed by atoms with Crippen molar-refractivity contribution in [2.75, 3.05) is 0 Å². The molecule has 0 aliphatic carbocycles. The van der Waals surface area contributed by atoms with Gasteiger partial charge in [-0.25, -0.2) is 0 Å². The molecule has 2 aromatic carbocycles. The molecule has 0 fully saturated rings. The molecule has 2 N–H and O–H groups in total. The maximum absolute atomic E-state index is 6.35. The zero-order valence-electron chi connectivity index (χ0n) is 12.3. The molecular weight excluding hydrogens is 230 g/mol. The Labute approximate surface area is 116 Å². The SMILES string of the molecule is Cc1cc(C)cc(C(N)Cc2ccc(C)c(C)c2)c1. The van der Waals surface area contributed by atoms with Gasteiger partial charge in [-0.3, -0.25) is 0 Å². The Morgan fingerprint density at radius 2 is 1.47 bits per heavy atom. The molecule has 0 heterocycles. The Kier molecular flexibility index (Phi) is 4.06. The third-order valence-electron chi connectivity index (χ3n) is 3.70. The van der Waals surface area contributed by atoms with E-state index in [0.717, 1.165) is 6.42 Å². The van der Waals surface area contributed by atoms with Crippen LogP contribution in [0.2, 0.25) is 0 Å². The molecule has 0 saturated carbocycles. The van der Waals surface area contributed by atoms with Crippen LogP contribution in [0.5, 0.6) is 0 Å². The Morgan fingerprint density at radius 1 is 0.842 bits per heavy atom. The van der Waals surface area contributed by atoms with E-state index < -0.39 is 0 Å². The van der Waals surface area contributed by atoms with E-state index in [-0.39, 0.29) is 6.04 Å². The summed E-state index contributed by atoms with van der Waals surface area (Å²) in [5.41, 5.74) is 14.1. The Balaban J connectivity index is 2.20. The summed E-state index contributed by atoms with van der Waals surface area (Å²) in [6.45, 7) is 8.54. The molecule has 19 heavy (non-hydrogen) atoms. The van der Waals surface area contributed by atoms with E-state index in [4.69, 9.17) is 5.73 Å². The fourth-order valence-electron chi connectivity index (χ4n) is 2.53. The molecule has 0 spiro atoms. The van der Waals surface area contributed by atoms with Gasteiger partial charge in [-0.2, -0.15) is 0 Å². The monoisotopic (exact) mass is 253 g/mol. The molecule has 2 rings (SSSR count). The van der Waals surface area contributed by atoms with Crippen molar-refractivity contribution in [3.63, 3.8) is 0 Å². The number of rotatable bonds is 3. The standard InChI is InChI=1S/C18H23N/c1-12-7-13(2)9-17(8-12)18(19)11-16-6-5-14(3)15(4)10-16/h5-10,18H,11,19H2,1-4H3. The van der Waals surface area contributed by atoms with Gasteiger partial charge in [0.1, 0.15) is 0 Å². The minimum absolute atomic E-state index is 0.0701. The molecule has 1 atom stereocenters. The molecule has 0 aromatic heterocycles. The van der Waals surface area contributed by atoms with Gasteiger partial charge in [0, 0.05) is 6.04 Å². The first-order chi connectivity index (χ1) is 8.95. The van der Waals surface area contributed by atoms with Gasteiger partial charge in [0.2, 0.25) is 0 Å². The van der Waals surface area contributed by atoms with E-state index in [1.54, 1.807) is 0 Å². The van der Waals surface area contributed by atoms with E-state index in [0.29, 0.717) is 0 Å². The minimum Gasteiger partial charge on any atom is -0.324 e. The van der Waals surface area contributed by atoms with E-state index in [1.807, 2.05) is 0 Å². The van der Waals surface area contributed by atoms with Crippen LogP contribution >= 0.6 is 0 Å². The van der Waals surface area contributed by atoms with Crippen LogP contribution in [0.3, 0.4) is 0 Å². The van der Waals surface area contributed by atoms with Crippen molar-refractivity contribution in [1.29, 1.82) is 0 Å². The lowest BCUT2D eigenvalue weighted by Crippen LogP contribution is -2.14. The highest BCUT2D eigenvalue weighted by atomic mass is 14.6. The highest BCUT2D eigenvalue weighted by Gasteiger charge is 2.08. The summed E-state index contributed by atoms with van der Waals surface area (Å²) in [5.74, 6) is 0. The second-order valence-electron chi connectivity index (χ2n) is 5.65. The highest BCUT2D eigenvalue weighted by molar-refractivity contribution is 5.34. The summed E-state index contributed by atoms with van der Waals surface area (Å²) in [5, 5.41) is 0. The molecule has 1 nitrogen and oxygen atoms in total. The van der Waals surface area contributed by atoms with Crippen LogP contribution in [0, 0.1) is 27.7 Å². The normalized spacial score (nSPS) is 12.5. The lowest BCUT2D eigenvalue weighted by molar-refractivity contribution is 0.719. The van der Waals surface area contributed by atoms with Crippen LogP contribution in [0.1, 0.15) is 39.4 Å². The Bertz CT molecular complexity index is 564. The van der Waals surface area contributed by atoms with Crippen LogP contribution < -0.4 is 5.73 Å².